The van der Waals surface area contributed by atoms with Gasteiger partial charge in [-0.1, -0.05) is 12.1 Å². The molecule has 0 aliphatic carbocycles. The van der Waals surface area contributed by atoms with Crippen molar-refractivity contribution >= 4 is 28.8 Å². The minimum atomic E-state index is 0.583. The average Bonchev–Trinajstić information content (AvgIpc) is 3.10. The van der Waals surface area contributed by atoms with Gasteiger partial charge >= 0.3 is 0 Å². The lowest BCUT2D eigenvalue weighted by Crippen LogP contribution is -1.91. The van der Waals surface area contributed by atoms with Crippen LogP contribution >= 0.6 is 23.1 Å². The Hall–Kier alpha value is -1.79. The number of anilines is 1. The van der Waals surface area contributed by atoms with E-state index in [4.69, 9.17) is 10.2 Å². The molecule has 0 unspecified atom stereocenters. The molecule has 0 bridgehead atoms. The molecule has 0 radical (unpaired) electrons. The number of nitrogens with two attached hydrogens (primary N) is 1. The fraction of sp³-hybridized carbons (Fsp3) is 0.143. The Labute approximate surface area is 125 Å². The zero-order valence-corrected chi connectivity index (χ0v) is 12.5. The number of benzene rings is 1. The summed E-state index contributed by atoms with van der Waals surface area (Å²) >= 11 is 3.24. The third-order valence-electron chi connectivity index (χ3n) is 2.88. The van der Waals surface area contributed by atoms with E-state index in [0.29, 0.717) is 17.5 Å². The van der Waals surface area contributed by atoms with Crippen molar-refractivity contribution in [2.24, 2.45) is 0 Å². The number of hydrogen-bond acceptors (Lipinski definition) is 6. The van der Waals surface area contributed by atoms with Gasteiger partial charge in [0, 0.05) is 10.6 Å². The molecule has 2 aromatic heterocycles. The number of nitrogens with zero attached hydrogens (tertiary/aromatic N) is 2. The fourth-order valence-electron chi connectivity index (χ4n) is 1.74. The molecule has 0 amide bonds. The van der Waals surface area contributed by atoms with Gasteiger partial charge in [0.25, 0.3) is 5.89 Å². The van der Waals surface area contributed by atoms with Crippen molar-refractivity contribution in [2.45, 2.75) is 17.6 Å². The first-order valence-corrected chi connectivity index (χ1v) is 7.94. The number of hydrogen-bond donors (Lipinski definition) is 1. The second-order valence-corrected chi connectivity index (χ2v) is 6.20. The highest BCUT2D eigenvalue weighted by atomic mass is 32.2. The standard InChI is InChI=1S/C14H13N3OS2/c1-9-10(15)4-2-5-11(9)20-8-13-16-17-14(18-13)12-6-3-7-19-12/h2-7H,8,15H2,1H3. The van der Waals surface area contributed by atoms with E-state index in [2.05, 4.69) is 10.2 Å². The fourth-order valence-corrected chi connectivity index (χ4v) is 3.29. The molecule has 20 heavy (non-hydrogen) atoms. The highest BCUT2D eigenvalue weighted by Crippen LogP contribution is 2.30. The molecule has 0 saturated heterocycles. The van der Waals surface area contributed by atoms with Crippen molar-refractivity contribution in [1.82, 2.24) is 10.2 Å². The molecule has 0 saturated carbocycles. The lowest BCUT2D eigenvalue weighted by molar-refractivity contribution is 0.529. The van der Waals surface area contributed by atoms with Crippen LogP contribution in [0.1, 0.15) is 11.5 Å². The normalized spacial score (nSPS) is 10.8. The Morgan fingerprint density at radius 3 is 2.95 bits per heavy atom. The minimum absolute atomic E-state index is 0.583. The SMILES string of the molecule is Cc1c(N)cccc1SCc1nnc(-c2cccs2)o1. The Balaban J connectivity index is 1.71. The van der Waals surface area contributed by atoms with E-state index in [0.717, 1.165) is 21.0 Å². The molecule has 0 spiro atoms. The van der Waals surface area contributed by atoms with Crippen LogP contribution in [0.4, 0.5) is 5.69 Å². The smallest absolute Gasteiger partial charge is 0.257 e. The molecule has 0 fully saturated rings. The summed E-state index contributed by atoms with van der Waals surface area (Å²) in [6.07, 6.45) is 0. The van der Waals surface area contributed by atoms with Crippen LogP contribution in [0, 0.1) is 6.92 Å². The van der Waals surface area contributed by atoms with Gasteiger partial charge in [-0.15, -0.1) is 33.3 Å². The molecule has 6 heteroatoms. The Kier molecular flexibility index (Phi) is 3.75. The monoisotopic (exact) mass is 303 g/mol. The summed E-state index contributed by atoms with van der Waals surface area (Å²) in [5, 5.41) is 10.1. The number of aromatic nitrogens is 2. The molecule has 2 heterocycles. The zero-order chi connectivity index (χ0) is 13.9. The van der Waals surface area contributed by atoms with Crippen LogP contribution in [0.2, 0.25) is 0 Å². The second-order valence-electron chi connectivity index (χ2n) is 4.24. The number of thiophene rings is 1. The maximum atomic E-state index is 5.89. The van der Waals surface area contributed by atoms with Crippen molar-refractivity contribution in [2.75, 3.05) is 5.73 Å². The second kappa shape index (κ2) is 5.68. The first kappa shape index (κ1) is 13.2. The zero-order valence-electron chi connectivity index (χ0n) is 10.9. The summed E-state index contributed by atoms with van der Waals surface area (Å²) in [7, 11) is 0. The predicted molar refractivity (Wildman–Crippen MR) is 82.8 cm³/mol. The molecule has 2 N–H and O–H groups in total. The maximum Gasteiger partial charge on any atom is 0.257 e. The summed E-state index contributed by atoms with van der Waals surface area (Å²) in [6, 6.07) is 9.84. The van der Waals surface area contributed by atoms with Crippen LogP contribution in [0.5, 0.6) is 0 Å². The maximum absolute atomic E-state index is 5.89. The summed E-state index contributed by atoms with van der Waals surface area (Å²) in [6.45, 7) is 2.02. The van der Waals surface area contributed by atoms with Gasteiger partial charge < -0.3 is 10.2 Å². The lowest BCUT2D eigenvalue weighted by atomic mass is 10.2. The molecule has 0 aliphatic heterocycles. The number of thioether (sulfide) groups is 1. The van der Waals surface area contributed by atoms with E-state index in [1.807, 2.05) is 42.6 Å². The summed E-state index contributed by atoms with van der Waals surface area (Å²) in [5.41, 5.74) is 7.79. The first-order chi connectivity index (χ1) is 9.74. The lowest BCUT2D eigenvalue weighted by Gasteiger charge is -2.05. The van der Waals surface area contributed by atoms with E-state index < -0.39 is 0 Å². The topological polar surface area (TPSA) is 64.9 Å². The molecular formula is C14H13N3OS2. The van der Waals surface area contributed by atoms with E-state index in [-0.39, 0.29) is 0 Å². The number of nitrogen functional groups attached to an aromatic ring is 1. The Morgan fingerprint density at radius 2 is 2.15 bits per heavy atom. The third-order valence-corrected chi connectivity index (χ3v) is 4.88. The Morgan fingerprint density at radius 1 is 1.25 bits per heavy atom. The highest BCUT2D eigenvalue weighted by Gasteiger charge is 2.10. The van der Waals surface area contributed by atoms with Gasteiger partial charge in [0.2, 0.25) is 5.89 Å². The van der Waals surface area contributed by atoms with Gasteiger partial charge in [-0.2, -0.15) is 0 Å². The quantitative estimate of drug-likeness (QED) is 0.583. The van der Waals surface area contributed by atoms with E-state index in [1.165, 1.54) is 0 Å². The van der Waals surface area contributed by atoms with Crippen molar-refractivity contribution in [3.05, 3.63) is 47.2 Å². The molecule has 1 aromatic carbocycles. The van der Waals surface area contributed by atoms with Crippen molar-refractivity contribution in [1.29, 1.82) is 0 Å². The predicted octanol–water partition coefficient (Wildman–Crippen LogP) is 3.98. The van der Waals surface area contributed by atoms with Gasteiger partial charge in [0.05, 0.1) is 10.6 Å². The molecular weight excluding hydrogens is 290 g/mol. The van der Waals surface area contributed by atoms with Crippen LogP contribution < -0.4 is 5.73 Å². The number of rotatable bonds is 4. The third kappa shape index (κ3) is 2.71. The van der Waals surface area contributed by atoms with E-state index in [1.54, 1.807) is 23.1 Å². The van der Waals surface area contributed by atoms with Crippen LogP contribution in [0.25, 0.3) is 10.8 Å². The van der Waals surface area contributed by atoms with Crippen molar-refractivity contribution in [3.63, 3.8) is 0 Å². The van der Waals surface area contributed by atoms with Gasteiger partial charge in [0.1, 0.15) is 0 Å². The molecule has 0 atom stereocenters. The van der Waals surface area contributed by atoms with Gasteiger partial charge in [-0.05, 0) is 36.1 Å². The molecule has 0 aliphatic rings. The molecule has 3 aromatic rings. The molecule has 102 valence electrons. The van der Waals surface area contributed by atoms with E-state index in [9.17, 15) is 0 Å². The molecule has 3 rings (SSSR count). The van der Waals surface area contributed by atoms with Crippen LogP contribution in [-0.2, 0) is 5.75 Å². The summed E-state index contributed by atoms with van der Waals surface area (Å²) < 4.78 is 5.66. The highest BCUT2D eigenvalue weighted by molar-refractivity contribution is 7.98. The van der Waals surface area contributed by atoms with Gasteiger partial charge in [0.15, 0.2) is 0 Å². The van der Waals surface area contributed by atoms with Crippen LogP contribution in [0.15, 0.2) is 45.0 Å². The van der Waals surface area contributed by atoms with Gasteiger partial charge in [-0.25, -0.2) is 0 Å². The van der Waals surface area contributed by atoms with Crippen molar-refractivity contribution < 1.29 is 4.42 Å². The van der Waals surface area contributed by atoms with Gasteiger partial charge in [-0.3, -0.25) is 0 Å². The first-order valence-electron chi connectivity index (χ1n) is 6.08. The van der Waals surface area contributed by atoms with Crippen LogP contribution in [0.3, 0.4) is 0 Å². The molecule has 4 nitrogen and oxygen atoms in total. The van der Waals surface area contributed by atoms with Crippen LogP contribution in [-0.4, -0.2) is 10.2 Å². The largest absolute Gasteiger partial charge is 0.419 e. The van der Waals surface area contributed by atoms with Crippen molar-refractivity contribution in [3.8, 4) is 10.8 Å². The average molecular weight is 303 g/mol. The van der Waals surface area contributed by atoms with E-state index >= 15 is 0 Å². The summed E-state index contributed by atoms with van der Waals surface area (Å²) in [4.78, 5) is 2.13. The minimum Gasteiger partial charge on any atom is -0.419 e. The summed E-state index contributed by atoms with van der Waals surface area (Å²) in [5.74, 6) is 1.85. The Bertz CT molecular complexity index is 707.